The lowest BCUT2D eigenvalue weighted by molar-refractivity contribution is -0.120. The highest BCUT2D eigenvalue weighted by atomic mass is 35.5. The highest BCUT2D eigenvalue weighted by Gasteiger charge is 2.08. The van der Waals surface area contributed by atoms with Crippen LogP contribution in [0.3, 0.4) is 0 Å². The van der Waals surface area contributed by atoms with Crippen molar-refractivity contribution in [3.63, 3.8) is 0 Å². The highest BCUT2D eigenvalue weighted by molar-refractivity contribution is 6.30. The number of nitrogens with zero attached hydrogens (tertiary/aromatic N) is 1. The van der Waals surface area contributed by atoms with Crippen molar-refractivity contribution in [1.29, 1.82) is 0 Å². The van der Waals surface area contributed by atoms with Gasteiger partial charge in [-0.1, -0.05) is 41.4 Å². The first kappa shape index (κ1) is 24.8. The van der Waals surface area contributed by atoms with Crippen LogP contribution in [0, 0.1) is 6.92 Å². The zero-order valence-electron chi connectivity index (χ0n) is 19.0. The lowest BCUT2D eigenvalue weighted by Crippen LogP contribution is -2.34. The van der Waals surface area contributed by atoms with Crippen molar-refractivity contribution in [2.45, 2.75) is 20.5 Å². The standard InChI is InChI=1S/C26H26ClN3O4/c1-3-33-24-14-20(8-13-23(24)34-17-19-6-11-22(27)12-7-19)15-29-30-25(31)16-28-26(32)21-9-4-18(2)5-10-21/h4-15H,3,16-17H2,1-2H3,(H,28,32)(H,30,31)/b29-15-. The summed E-state index contributed by atoms with van der Waals surface area (Å²) in [6, 6.07) is 19.9. The smallest absolute Gasteiger partial charge is 0.259 e. The molecule has 0 heterocycles. The summed E-state index contributed by atoms with van der Waals surface area (Å²) in [6.07, 6.45) is 1.49. The van der Waals surface area contributed by atoms with E-state index in [1.54, 1.807) is 30.3 Å². The minimum atomic E-state index is -0.440. The zero-order valence-corrected chi connectivity index (χ0v) is 19.8. The molecule has 3 rings (SSSR count). The fourth-order valence-electron chi connectivity index (χ4n) is 2.92. The fourth-order valence-corrected chi connectivity index (χ4v) is 3.05. The molecular weight excluding hydrogens is 454 g/mol. The fraction of sp³-hybridized carbons (Fsp3) is 0.192. The van der Waals surface area contributed by atoms with Crippen molar-refractivity contribution >= 4 is 29.6 Å². The largest absolute Gasteiger partial charge is 0.490 e. The minimum Gasteiger partial charge on any atom is -0.490 e. The van der Waals surface area contributed by atoms with Crippen LogP contribution in [0.1, 0.15) is 34.0 Å². The van der Waals surface area contributed by atoms with Crippen LogP contribution in [0.4, 0.5) is 0 Å². The third-order valence-electron chi connectivity index (χ3n) is 4.70. The van der Waals surface area contributed by atoms with Gasteiger partial charge in [0.1, 0.15) is 6.61 Å². The minimum absolute atomic E-state index is 0.189. The summed E-state index contributed by atoms with van der Waals surface area (Å²) in [4.78, 5) is 24.1. The van der Waals surface area contributed by atoms with Gasteiger partial charge in [0.2, 0.25) is 0 Å². The molecule has 8 heteroatoms. The predicted octanol–water partition coefficient (Wildman–Crippen LogP) is 4.51. The number of ether oxygens (including phenoxy) is 2. The normalized spacial score (nSPS) is 10.7. The zero-order chi connectivity index (χ0) is 24.3. The molecule has 0 aromatic heterocycles. The van der Waals surface area contributed by atoms with Crippen molar-refractivity contribution < 1.29 is 19.1 Å². The summed E-state index contributed by atoms with van der Waals surface area (Å²) in [5.41, 5.74) is 5.64. The van der Waals surface area contributed by atoms with E-state index in [1.165, 1.54) is 6.21 Å². The molecule has 0 saturated carbocycles. The van der Waals surface area contributed by atoms with Gasteiger partial charge in [0.05, 0.1) is 19.4 Å². The second-order valence-corrected chi connectivity index (χ2v) is 7.83. The molecule has 0 radical (unpaired) electrons. The predicted molar refractivity (Wildman–Crippen MR) is 133 cm³/mol. The molecule has 7 nitrogen and oxygen atoms in total. The molecule has 3 aromatic rings. The van der Waals surface area contributed by atoms with Gasteiger partial charge < -0.3 is 14.8 Å². The SMILES string of the molecule is CCOc1cc(/C=N\NC(=O)CNC(=O)c2ccc(C)cc2)ccc1OCc1ccc(Cl)cc1. The molecule has 0 aliphatic heterocycles. The summed E-state index contributed by atoms with van der Waals surface area (Å²) in [6.45, 7) is 4.47. The van der Waals surface area contributed by atoms with Gasteiger partial charge in [0.15, 0.2) is 11.5 Å². The van der Waals surface area contributed by atoms with Crippen LogP contribution < -0.4 is 20.2 Å². The Kier molecular flexibility index (Phi) is 9.05. The molecule has 0 aliphatic carbocycles. The van der Waals surface area contributed by atoms with Gasteiger partial charge in [-0.3, -0.25) is 9.59 Å². The van der Waals surface area contributed by atoms with Gasteiger partial charge in [-0.15, -0.1) is 0 Å². The summed E-state index contributed by atoms with van der Waals surface area (Å²) < 4.78 is 11.6. The van der Waals surface area contributed by atoms with Crippen LogP contribution >= 0.6 is 11.6 Å². The van der Waals surface area contributed by atoms with Crippen LogP contribution in [-0.4, -0.2) is 31.2 Å². The van der Waals surface area contributed by atoms with Crippen molar-refractivity contribution in [2.24, 2.45) is 5.10 Å². The molecule has 0 spiro atoms. The molecule has 2 amide bonds. The number of nitrogens with one attached hydrogen (secondary N) is 2. The summed E-state index contributed by atoms with van der Waals surface area (Å²) in [5, 5.41) is 7.18. The number of rotatable bonds is 10. The Morgan fingerprint density at radius 1 is 0.971 bits per heavy atom. The van der Waals surface area contributed by atoms with E-state index in [2.05, 4.69) is 15.8 Å². The number of hydrogen-bond donors (Lipinski definition) is 2. The lowest BCUT2D eigenvalue weighted by atomic mass is 10.1. The Bertz CT molecular complexity index is 1150. The van der Waals surface area contributed by atoms with Gasteiger partial charge in [0, 0.05) is 10.6 Å². The van der Waals surface area contributed by atoms with Crippen molar-refractivity contribution in [3.05, 3.63) is 94.0 Å². The number of carbonyl (C=O) groups is 2. The highest BCUT2D eigenvalue weighted by Crippen LogP contribution is 2.29. The molecule has 0 saturated heterocycles. The average Bonchev–Trinajstić information content (AvgIpc) is 2.84. The molecular formula is C26H26ClN3O4. The van der Waals surface area contributed by atoms with Gasteiger partial charge in [-0.2, -0.15) is 5.10 Å². The number of benzene rings is 3. The van der Waals surface area contributed by atoms with Crippen LogP contribution in [0.5, 0.6) is 11.5 Å². The maximum absolute atomic E-state index is 12.1. The van der Waals surface area contributed by atoms with Crippen LogP contribution in [-0.2, 0) is 11.4 Å². The average molecular weight is 480 g/mol. The van der Waals surface area contributed by atoms with Gasteiger partial charge in [-0.05, 0) is 67.4 Å². The van der Waals surface area contributed by atoms with E-state index < -0.39 is 5.91 Å². The quantitative estimate of drug-likeness (QED) is 0.331. The Labute approximate surface area is 203 Å². The molecule has 0 bridgehead atoms. The molecule has 0 aliphatic rings. The van der Waals surface area contributed by atoms with E-state index in [0.29, 0.717) is 40.9 Å². The van der Waals surface area contributed by atoms with Crippen LogP contribution in [0.15, 0.2) is 71.8 Å². The number of hydrogen-bond acceptors (Lipinski definition) is 5. The topological polar surface area (TPSA) is 89.0 Å². The number of hydrazone groups is 1. The second-order valence-electron chi connectivity index (χ2n) is 7.40. The molecule has 176 valence electrons. The third-order valence-corrected chi connectivity index (χ3v) is 4.95. The van der Waals surface area contributed by atoms with Crippen LogP contribution in [0.2, 0.25) is 5.02 Å². The molecule has 0 unspecified atom stereocenters. The first-order valence-corrected chi connectivity index (χ1v) is 11.1. The lowest BCUT2D eigenvalue weighted by Gasteiger charge is -2.12. The van der Waals surface area contributed by atoms with E-state index in [-0.39, 0.29) is 12.5 Å². The van der Waals surface area contributed by atoms with Crippen molar-refractivity contribution in [1.82, 2.24) is 10.7 Å². The number of amides is 2. The van der Waals surface area contributed by atoms with Gasteiger partial charge in [-0.25, -0.2) is 5.43 Å². The maximum atomic E-state index is 12.1. The van der Waals surface area contributed by atoms with Crippen molar-refractivity contribution in [2.75, 3.05) is 13.2 Å². The molecule has 0 atom stereocenters. The van der Waals surface area contributed by atoms with E-state index >= 15 is 0 Å². The molecule has 0 fully saturated rings. The number of halogens is 1. The second kappa shape index (κ2) is 12.4. The first-order valence-electron chi connectivity index (χ1n) is 10.8. The van der Waals surface area contributed by atoms with Gasteiger partial charge >= 0.3 is 0 Å². The number of carbonyl (C=O) groups excluding carboxylic acids is 2. The Morgan fingerprint density at radius 2 is 1.71 bits per heavy atom. The number of aryl methyl sites for hydroxylation is 1. The van der Waals surface area contributed by atoms with E-state index in [9.17, 15) is 9.59 Å². The Balaban J connectivity index is 1.52. The van der Waals surface area contributed by atoms with Crippen LogP contribution in [0.25, 0.3) is 0 Å². The Morgan fingerprint density at radius 3 is 2.41 bits per heavy atom. The molecule has 34 heavy (non-hydrogen) atoms. The maximum Gasteiger partial charge on any atom is 0.259 e. The molecule has 2 N–H and O–H groups in total. The van der Waals surface area contributed by atoms with E-state index in [4.69, 9.17) is 21.1 Å². The molecule has 3 aromatic carbocycles. The third kappa shape index (κ3) is 7.64. The van der Waals surface area contributed by atoms with E-state index in [1.807, 2.05) is 50.2 Å². The summed E-state index contributed by atoms with van der Waals surface area (Å²) in [7, 11) is 0. The first-order chi connectivity index (χ1) is 16.4. The Hall–Kier alpha value is -3.84. The van der Waals surface area contributed by atoms with Gasteiger partial charge in [0.25, 0.3) is 11.8 Å². The van der Waals surface area contributed by atoms with E-state index in [0.717, 1.165) is 11.1 Å². The summed E-state index contributed by atoms with van der Waals surface area (Å²) >= 11 is 5.92. The van der Waals surface area contributed by atoms with Crippen molar-refractivity contribution in [3.8, 4) is 11.5 Å². The monoisotopic (exact) mass is 479 g/mol. The summed E-state index contributed by atoms with van der Waals surface area (Å²) in [5.74, 6) is 0.397.